The number of fused-ring (bicyclic) bond motifs is 1. The van der Waals surface area contributed by atoms with Crippen LogP contribution in [0.3, 0.4) is 0 Å². The molecule has 76 heavy (non-hydrogen) atoms. The maximum atomic E-state index is 2.44. The zero-order valence-corrected chi connectivity index (χ0v) is 47.7. The second-order valence-corrected chi connectivity index (χ2v) is 21.2. The zero-order chi connectivity index (χ0) is 54.2. The first-order valence-electron chi connectivity index (χ1n) is 27.3. The first-order valence-corrected chi connectivity index (χ1v) is 27.3. The molecule has 7 aromatic carbocycles. The van der Waals surface area contributed by atoms with Crippen LogP contribution in [0.15, 0.2) is 207 Å². The van der Waals surface area contributed by atoms with Crippen molar-refractivity contribution in [1.82, 2.24) is 4.90 Å². The minimum atomic E-state index is 0.262. The maximum absolute atomic E-state index is 2.44. The topological polar surface area (TPSA) is 25.9 Å². The van der Waals surface area contributed by atoms with Crippen LogP contribution in [-0.4, -0.2) is 43.7 Å². The molecular weight excluding hydrogens is 929 g/mol. The molecule has 11 rings (SSSR count). The fraction of sp³-hybridized carbons (Fsp3) is 0.294. The summed E-state index contributed by atoms with van der Waals surface area (Å²) in [7, 11) is 4.25. The van der Waals surface area contributed by atoms with Gasteiger partial charge >= 0.3 is 0 Å². The molecule has 8 nitrogen and oxygen atoms in total. The summed E-state index contributed by atoms with van der Waals surface area (Å²) in [5.74, 6) is 1.00. The summed E-state index contributed by atoms with van der Waals surface area (Å²) in [6, 6.07) is 60.0. The van der Waals surface area contributed by atoms with E-state index in [0.717, 1.165) is 0 Å². The van der Waals surface area contributed by atoms with Crippen LogP contribution in [-0.2, 0) is 0 Å². The Labute approximate surface area is 456 Å². The smallest absolute Gasteiger partial charge is 0.107 e. The zero-order valence-electron chi connectivity index (χ0n) is 47.7. The highest BCUT2D eigenvalue weighted by Crippen LogP contribution is 2.44. The molecule has 0 aliphatic carbocycles. The van der Waals surface area contributed by atoms with E-state index in [1.165, 1.54) is 78.9 Å². The summed E-state index contributed by atoms with van der Waals surface area (Å²) >= 11 is 0. The molecule has 0 bridgehead atoms. The molecule has 8 heteroatoms. The van der Waals surface area contributed by atoms with Crippen LogP contribution in [0.5, 0.6) is 0 Å². The highest BCUT2D eigenvalue weighted by Gasteiger charge is 2.32. The summed E-state index contributed by atoms with van der Waals surface area (Å²) < 4.78 is 0. The normalized spacial score (nSPS) is 18.3. The van der Waals surface area contributed by atoms with Gasteiger partial charge in [0.1, 0.15) is 24.7 Å². The van der Waals surface area contributed by atoms with E-state index in [4.69, 9.17) is 0 Å². The van der Waals surface area contributed by atoms with Crippen LogP contribution >= 0.6 is 0 Å². The van der Waals surface area contributed by atoms with Gasteiger partial charge in [-0.25, -0.2) is 0 Å². The van der Waals surface area contributed by atoms with Crippen LogP contribution in [0, 0.1) is 27.7 Å². The van der Waals surface area contributed by atoms with Gasteiger partial charge in [-0.3, -0.25) is 0 Å². The van der Waals surface area contributed by atoms with E-state index in [0.29, 0.717) is 30.3 Å². The molecule has 4 unspecified atom stereocenters. The fourth-order valence-corrected chi connectivity index (χ4v) is 10.8. The van der Waals surface area contributed by atoms with Gasteiger partial charge in [-0.2, -0.15) is 0 Å². The third kappa shape index (κ3) is 11.5. The molecule has 394 valence electrons. The fourth-order valence-electron chi connectivity index (χ4n) is 10.8. The average Bonchev–Trinajstić information content (AvgIpc) is 4.18. The van der Waals surface area contributed by atoms with Gasteiger partial charge in [0.15, 0.2) is 0 Å². The van der Waals surface area contributed by atoms with Crippen LogP contribution in [0.25, 0.3) is 0 Å². The van der Waals surface area contributed by atoms with E-state index in [1.54, 1.807) is 0 Å². The summed E-state index contributed by atoms with van der Waals surface area (Å²) in [5.41, 5.74) is 18.4. The Morgan fingerprint density at radius 3 is 1.11 bits per heavy atom. The highest BCUT2D eigenvalue weighted by atomic mass is 15.4. The summed E-state index contributed by atoms with van der Waals surface area (Å²) in [6.45, 7) is 26.7. The lowest BCUT2D eigenvalue weighted by atomic mass is 9.92. The predicted octanol–water partition coefficient (Wildman–Crippen LogP) is 17.0. The van der Waals surface area contributed by atoms with Crippen molar-refractivity contribution in [2.24, 2.45) is 0 Å². The monoisotopic (exact) mass is 1010 g/mol. The maximum Gasteiger partial charge on any atom is 0.107 e. The molecule has 0 saturated carbocycles. The van der Waals surface area contributed by atoms with Crippen molar-refractivity contribution < 1.29 is 0 Å². The Morgan fingerprint density at radius 1 is 0.316 bits per heavy atom. The van der Waals surface area contributed by atoms with Gasteiger partial charge < -0.3 is 39.2 Å². The first kappa shape index (κ1) is 54.4. The number of hydrogen-bond acceptors (Lipinski definition) is 8. The second-order valence-electron chi connectivity index (χ2n) is 21.2. The van der Waals surface area contributed by atoms with Crippen molar-refractivity contribution >= 4 is 45.5 Å². The Bertz CT molecular complexity index is 3090. The van der Waals surface area contributed by atoms with E-state index in [2.05, 4.69) is 337 Å². The van der Waals surface area contributed by atoms with Crippen molar-refractivity contribution in [2.45, 2.75) is 120 Å². The molecule has 0 amide bonds. The third-order valence-electron chi connectivity index (χ3n) is 15.5. The van der Waals surface area contributed by atoms with Crippen molar-refractivity contribution in [3.63, 3.8) is 0 Å². The first-order chi connectivity index (χ1) is 36.6. The number of rotatable bonds is 8. The Morgan fingerprint density at radius 2 is 0.671 bits per heavy atom. The van der Waals surface area contributed by atoms with Gasteiger partial charge in [0.05, 0.1) is 11.4 Å². The molecule has 0 fully saturated rings. The van der Waals surface area contributed by atoms with Crippen LogP contribution in [0.2, 0.25) is 0 Å². The van der Waals surface area contributed by atoms with Crippen molar-refractivity contribution in [1.29, 1.82) is 0 Å². The van der Waals surface area contributed by atoms with Crippen LogP contribution in [0.4, 0.5) is 45.5 Å². The van der Waals surface area contributed by atoms with Gasteiger partial charge in [0, 0.05) is 85.4 Å². The van der Waals surface area contributed by atoms with Crippen molar-refractivity contribution in [3.05, 3.63) is 240 Å². The molecule has 4 heterocycles. The van der Waals surface area contributed by atoms with Gasteiger partial charge in [0.2, 0.25) is 0 Å². The van der Waals surface area contributed by atoms with E-state index >= 15 is 0 Å². The number of para-hydroxylation sites is 8. The number of anilines is 8. The van der Waals surface area contributed by atoms with Gasteiger partial charge in [-0.05, 0) is 149 Å². The molecule has 0 spiro atoms. The van der Waals surface area contributed by atoms with Crippen LogP contribution in [0.1, 0.15) is 101 Å². The van der Waals surface area contributed by atoms with Gasteiger partial charge in [-0.15, -0.1) is 0 Å². The minimum absolute atomic E-state index is 0.262. The summed E-state index contributed by atoms with van der Waals surface area (Å²) in [4.78, 5) is 18.6. The SMILES string of the molecule is Cc1ccccc1N1C=CN(C)C1C.Cc1ccccc1N1C=CN(c2c(C(C)C)cccc2C(C)C)C1C.Cc1ccccc1N1C=CN(c2ccccc2)C1C.Cc1ccccc1N1c2ccccc2N(C)C1C. The third-order valence-corrected chi connectivity index (χ3v) is 15.5. The van der Waals surface area contributed by atoms with E-state index in [-0.39, 0.29) is 6.17 Å². The standard InChI is InChI=1S/C23H30N2.C17H18N2.C16H18N2.C12H16N2/c1-16(2)20-11-9-12-21(17(3)4)23(20)25-15-14-24(19(25)6)22-13-8-7-10-18(22)5;1-14-8-6-7-11-17(14)19-13-12-18(15(19)2)16-9-4-3-5-10-16;1-12-8-4-5-9-14(12)18-13(2)17(3)15-10-6-7-11-16(15)18;1-10-6-4-5-7-12(10)14-9-8-13(3)11(14)2/h7-17,19H,1-6H3;3-13,15H,1-2H3;4-11,13H,1-3H3;4-9,11H,1-3H3. The molecule has 0 radical (unpaired) electrons. The van der Waals surface area contributed by atoms with Gasteiger partial charge in [-0.1, -0.05) is 149 Å². The average molecular weight is 1010 g/mol. The molecule has 4 aliphatic rings. The van der Waals surface area contributed by atoms with Crippen molar-refractivity contribution in [2.75, 3.05) is 48.4 Å². The lowest BCUT2D eigenvalue weighted by Crippen LogP contribution is -2.37. The summed E-state index contributed by atoms with van der Waals surface area (Å²) in [5, 5.41) is 0. The molecular formula is C68H82N8. The van der Waals surface area contributed by atoms with Crippen LogP contribution < -0.4 is 34.3 Å². The quantitative estimate of drug-likeness (QED) is 0.149. The van der Waals surface area contributed by atoms with E-state index in [9.17, 15) is 0 Å². The number of nitrogens with zero attached hydrogens (tertiary/aromatic N) is 8. The number of aryl methyl sites for hydroxylation is 4. The Kier molecular flexibility index (Phi) is 17.3. The predicted molar refractivity (Wildman–Crippen MR) is 328 cm³/mol. The van der Waals surface area contributed by atoms with E-state index in [1.807, 2.05) is 6.07 Å². The second kappa shape index (κ2) is 24.2. The largest absolute Gasteiger partial charge is 0.359 e. The molecule has 0 saturated heterocycles. The molecule has 4 atom stereocenters. The number of hydrogen-bond donors (Lipinski definition) is 0. The highest BCUT2D eigenvalue weighted by molar-refractivity contribution is 5.84. The minimum Gasteiger partial charge on any atom is -0.359 e. The lowest BCUT2D eigenvalue weighted by Gasteiger charge is -2.34. The molecule has 0 N–H and O–H groups in total. The van der Waals surface area contributed by atoms with Gasteiger partial charge in [0.25, 0.3) is 0 Å². The number of benzene rings is 7. The lowest BCUT2D eigenvalue weighted by molar-refractivity contribution is 0.383. The van der Waals surface area contributed by atoms with Crippen molar-refractivity contribution in [3.8, 4) is 0 Å². The Hall–Kier alpha value is -7.84. The van der Waals surface area contributed by atoms with E-state index < -0.39 is 0 Å². The Balaban J connectivity index is 0.000000137. The molecule has 4 aliphatic heterocycles. The molecule has 7 aromatic rings. The molecule has 0 aromatic heterocycles. The summed E-state index contributed by atoms with van der Waals surface area (Å²) in [6.07, 6.45) is 14.3.